The van der Waals surface area contributed by atoms with E-state index in [1.165, 1.54) is 18.2 Å². The first-order valence-corrected chi connectivity index (χ1v) is 12.3. The topological polar surface area (TPSA) is 76.0 Å². The fourth-order valence-electron chi connectivity index (χ4n) is 4.40. The zero-order chi connectivity index (χ0) is 30.3. The summed E-state index contributed by atoms with van der Waals surface area (Å²) in [4.78, 5) is 23.8. The van der Waals surface area contributed by atoms with Crippen LogP contribution in [0, 0.1) is 41.2 Å². The summed E-state index contributed by atoms with van der Waals surface area (Å²) in [6.45, 7) is 3.20. The number of rotatable bonds is 6. The van der Waals surface area contributed by atoms with Crippen molar-refractivity contribution in [2.24, 2.45) is 0 Å². The molecule has 5 aromatic rings. The van der Waals surface area contributed by atoms with E-state index >= 15 is 0 Å². The van der Waals surface area contributed by atoms with Crippen molar-refractivity contribution in [2.45, 2.75) is 19.3 Å². The maximum absolute atomic E-state index is 14.7. The molecule has 0 radical (unpaired) electrons. The van der Waals surface area contributed by atoms with E-state index in [0.717, 1.165) is 36.4 Å². The molecule has 0 bridgehead atoms. The summed E-state index contributed by atoms with van der Waals surface area (Å²) in [5.74, 6) is -7.32. The molecule has 0 aliphatic heterocycles. The molecule has 43 heavy (non-hydrogen) atoms. The van der Waals surface area contributed by atoms with Gasteiger partial charge in [-0.2, -0.15) is 0 Å². The minimum Gasteiger partial charge on any atom is -0.477 e. The molecule has 5 nitrogen and oxygen atoms in total. The van der Waals surface area contributed by atoms with Crippen LogP contribution in [0.2, 0.25) is 0 Å². The van der Waals surface area contributed by atoms with Crippen molar-refractivity contribution in [2.75, 3.05) is 0 Å². The average Bonchev–Trinajstić information content (AvgIpc) is 2.91. The molecule has 12 heteroatoms. The first-order chi connectivity index (χ1) is 19.8. The zero-order valence-electron chi connectivity index (χ0n) is 22.1. The van der Waals surface area contributed by atoms with Gasteiger partial charge in [-0.1, -0.05) is 17.7 Å². The molecule has 2 aromatic carbocycles. The monoisotopic (exact) mass is 773 g/mol. The fraction of sp³-hybridized carbons (Fsp3) is 0.0968. The van der Waals surface area contributed by atoms with Gasteiger partial charge in [0, 0.05) is 44.3 Å². The molecule has 0 aliphatic rings. The van der Waals surface area contributed by atoms with Crippen molar-refractivity contribution in [1.29, 1.82) is 0 Å². The van der Waals surface area contributed by atoms with Gasteiger partial charge in [-0.3, -0.25) is 4.98 Å². The Morgan fingerprint density at radius 2 is 1.14 bits per heavy atom. The molecular formula is C31H18F6N3O2Pt-. The Bertz CT molecular complexity index is 1840. The Hall–Kier alpha value is -4.37. The molecule has 1 N–H and O–H groups in total. The van der Waals surface area contributed by atoms with Gasteiger partial charge >= 0.3 is 5.97 Å². The van der Waals surface area contributed by atoms with E-state index in [0.29, 0.717) is 12.1 Å². The number of hydrogen-bond acceptors (Lipinski definition) is 4. The Kier molecular flexibility index (Phi) is 8.87. The van der Waals surface area contributed by atoms with Gasteiger partial charge in [0.05, 0.1) is 5.69 Å². The van der Waals surface area contributed by atoms with Crippen LogP contribution in [-0.4, -0.2) is 26.0 Å². The fourth-order valence-corrected chi connectivity index (χ4v) is 4.40. The second-order valence-electron chi connectivity index (χ2n) is 9.89. The molecule has 0 unspecified atom stereocenters. The van der Waals surface area contributed by atoms with E-state index in [9.17, 15) is 36.2 Å². The summed E-state index contributed by atoms with van der Waals surface area (Å²) < 4.78 is 84.5. The first kappa shape index (κ1) is 31.6. The molecule has 3 aromatic heterocycles. The average molecular weight is 774 g/mol. The quantitative estimate of drug-likeness (QED) is 0.110. The Morgan fingerprint density at radius 1 is 0.674 bits per heavy atom. The molecule has 3 heterocycles. The van der Waals surface area contributed by atoms with E-state index in [-0.39, 0.29) is 66.0 Å². The van der Waals surface area contributed by atoms with Crippen LogP contribution in [0.15, 0.2) is 66.7 Å². The number of aromatic nitrogens is 3. The van der Waals surface area contributed by atoms with Crippen LogP contribution in [0.3, 0.4) is 0 Å². The minimum absolute atomic E-state index is 0. The van der Waals surface area contributed by atoms with Gasteiger partial charge in [0.25, 0.3) is 0 Å². The maximum Gasteiger partial charge on any atom is 0.354 e. The smallest absolute Gasteiger partial charge is 0.354 e. The number of hydrogen-bond donors (Lipinski definition) is 1. The maximum atomic E-state index is 14.7. The molecule has 0 spiro atoms. The number of carboxylic acids is 1. The van der Waals surface area contributed by atoms with Crippen molar-refractivity contribution in [3.63, 3.8) is 0 Å². The van der Waals surface area contributed by atoms with Crippen molar-refractivity contribution in [1.82, 2.24) is 15.0 Å². The summed E-state index contributed by atoms with van der Waals surface area (Å²) in [5, 5.41) is 9.74. The van der Waals surface area contributed by atoms with Crippen molar-refractivity contribution in [3.8, 4) is 33.5 Å². The molecule has 0 atom stereocenters. The van der Waals surface area contributed by atoms with Crippen LogP contribution in [0.4, 0.5) is 26.3 Å². The number of aromatic carboxylic acids is 1. The van der Waals surface area contributed by atoms with Gasteiger partial charge in [-0.05, 0) is 84.3 Å². The Labute approximate surface area is 255 Å². The van der Waals surface area contributed by atoms with Gasteiger partial charge in [0.15, 0.2) is 0 Å². The van der Waals surface area contributed by atoms with Crippen LogP contribution in [-0.2, 0) is 26.5 Å². The molecule has 222 valence electrons. The van der Waals surface area contributed by atoms with Gasteiger partial charge in [0.1, 0.15) is 40.9 Å². The standard InChI is InChI=1S/C31H18F6N3O2.Pt/c1-31(2,27-12-18(10-25(39-27)30(41)42)16-7-21(34)14-22(35)8-16)26-11-17(15-5-19(32)13-20(33)6-15)9-24(38-26)23-3-4-28(36)40-29(23)37;/h4-14H,1-2H3,(H,41,42);/q-1;. The first-order valence-electron chi connectivity index (χ1n) is 12.3. The number of benzene rings is 2. The van der Waals surface area contributed by atoms with E-state index in [2.05, 4.69) is 21.0 Å². The number of nitrogens with zero attached hydrogens (tertiary/aromatic N) is 3. The number of halogens is 6. The molecule has 0 saturated heterocycles. The van der Waals surface area contributed by atoms with E-state index in [1.807, 2.05) is 0 Å². The van der Waals surface area contributed by atoms with Crippen LogP contribution >= 0.6 is 0 Å². The van der Waals surface area contributed by atoms with Gasteiger partial charge in [-0.15, -0.1) is 6.07 Å². The summed E-state index contributed by atoms with van der Waals surface area (Å²) in [5.41, 5.74) is -1.56. The van der Waals surface area contributed by atoms with Crippen molar-refractivity contribution >= 4 is 5.97 Å². The Balaban J connectivity index is 0.00000423. The summed E-state index contributed by atoms with van der Waals surface area (Å²) in [7, 11) is 0. The zero-order valence-corrected chi connectivity index (χ0v) is 24.4. The number of carboxylic acid groups (broad SMARTS) is 1. The summed E-state index contributed by atoms with van der Waals surface area (Å²) in [6.07, 6.45) is 0. The van der Waals surface area contributed by atoms with Crippen LogP contribution in [0.25, 0.3) is 33.5 Å². The van der Waals surface area contributed by atoms with Gasteiger partial charge < -0.3 is 10.1 Å². The largest absolute Gasteiger partial charge is 0.477 e. The molecule has 0 saturated carbocycles. The summed E-state index contributed by atoms with van der Waals surface area (Å²) in [6, 6.07) is 14.0. The van der Waals surface area contributed by atoms with E-state index in [4.69, 9.17) is 0 Å². The van der Waals surface area contributed by atoms with Crippen molar-refractivity contribution in [3.05, 3.63) is 125 Å². The normalized spacial score (nSPS) is 11.3. The third-order valence-corrected chi connectivity index (χ3v) is 6.55. The van der Waals surface area contributed by atoms with Gasteiger partial charge in [-0.25, -0.2) is 36.1 Å². The van der Waals surface area contributed by atoms with Gasteiger partial charge in [0.2, 0.25) is 0 Å². The van der Waals surface area contributed by atoms with Crippen LogP contribution < -0.4 is 0 Å². The predicted octanol–water partition coefficient (Wildman–Crippen LogP) is 7.53. The minimum atomic E-state index is -1.42. The SMILES string of the molecule is CC(C)(c1cc(-c2cc(F)cc(F)c2)cc(C(=O)O)n1)c1cc(-c2cc(F)cc(F)c2)cc(-c2[c-]cc(F)nc2F)n1.[Pt]. The molecule has 0 fully saturated rings. The third kappa shape index (κ3) is 6.67. The van der Waals surface area contributed by atoms with E-state index in [1.54, 1.807) is 13.8 Å². The van der Waals surface area contributed by atoms with E-state index < -0.39 is 52.2 Å². The molecule has 0 aliphatic carbocycles. The predicted molar refractivity (Wildman–Crippen MR) is 140 cm³/mol. The number of pyridine rings is 3. The van der Waals surface area contributed by atoms with Crippen LogP contribution in [0.1, 0.15) is 35.7 Å². The molecule has 5 rings (SSSR count). The molecular weight excluding hydrogens is 755 g/mol. The third-order valence-electron chi connectivity index (χ3n) is 6.55. The van der Waals surface area contributed by atoms with Crippen LogP contribution in [0.5, 0.6) is 0 Å². The second kappa shape index (κ2) is 12.1. The molecule has 0 amide bonds. The Morgan fingerprint density at radius 3 is 1.63 bits per heavy atom. The second-order valence-corrected chi connectivity index (χ2v) is 9.89. The number of carbonyl (C=O) groups is 1. The summed E-state index contributed by atoms with van der Waals surface area (Å²) >= 11 is 0. The van der Waals surface area contributed by atoms with Crippen molar-refractivity contribution < 1.29 is 57.3 Å².